The van der Waals surface area contributed by atoms with E-state index in [0.29, 0.717) is 0 Å². The van der Waals surface area contributed by atoms with Crippen molar-refractivity contribution in [3.63, 3.8) is 0 Å². The summed E-state index contributed by atoms with van der Waals surface area (Å²) in [7, 11) is 0. The number of rotatable bonds is 11. The first-order chi connectivity index (χ1) is 13.6. The first-order valence-corrected chi connectivity index (χ1v) is 12.3. The van der Waals surface area contributed by atoms with E-state index in [1.165, 1.54) is 77.0 Å². The van der Waals surface area contributed by atoms with Crippen LogP contribution in [0.3, 0.4) is 0 Å². The summed E-state index contributed by atoms with van der Waals surface area (Å²) in [5, 5.41) is 11.4. The Morgan fingerprint density at radius 1 is 0.517 bits per heavy atom. The van der Waals surface area contributed by atoms with Crippen LogP contribution in [-0.2, 0) is 6.42 Å². The fraction of sp³-hybridized carbons (Fsp3) is 0.778. The standard InChI is InChI=1S/C15H24O.3C4H10.Sn.3H/c1-2-3-4-5-6-7-8-11-14-12-9-10-13-15(14)16;3*1-3-4-2;;;;/h9-10,12-13,16H,2-8,11H2,1H3;3*3-4H2,1-2H3;;;;/q;;;;+1;;;/p-1. The molecule has 0 aliphatic heterocycles. The molecule has 29 heavy (non-hydrogen) atoms. The fourth-order valence-electron chi connectivity index (χ4n) is 1.98. The number of hydrogen-bond acceptors (Lipinski definition) is 1. The molecule has 0 aromatic heterocycles. The predicted octanol–water partition coefficient (Wildman–Crippen LogP) is 8.29. The molecule has 0 spiro atoms. The minimum absolute atomic E-state index is 0. The van der Waals surface area contributed by atoms with Crippen LogP contribution in [0.2, 0.25) is 0 Å². The Labute approximate surface area is 202 Å². The Morgan fingerprint density at radius 2 is 0.897 bits per heavy atom. The van der Waals surface area contributed by atoms with Gasteiger partial charge in [0, 0.05) is 0 Å². The van der Waals surface area contributed by atoms with E-state index >= 15 is 0 Å². The molecular formula is C27H56OSn. The predicted molar refractivity (Wildman–Crippen MR) is 139 cm³/mol. The Hall–Kier alpha value is -0.181. The maximum atomic E-state index is 11.4. The van der Waals surface area contributed by atoms with Gasteiger partial charge in [-0.05, 0) is 12.8 Å². The van der Waals surface area contributed by atoms with Gasteiger partial charge in [-0.25, -0.2) is 0 Å². The molecule has 0 fully saturated rings. The SMILES string of the molecule is CCCC.CCCC.CCCC.CCCCCCCCCc1ccccc1[O-].[SnH3+]. The summed E-state index contributed by atoms with van der Waals surface area (Å²) in [4.78, 5) is 0. The number of para-hydroxylation sites is 1. The zero-order valence-corrected chi connectivity index (χ0v) is 27.3. The van der Waals surface area contributed by atoms with Crippen molar-refractivity contribution >= 4 is 23.9 Å². The van der Waals surface area contributed by atoms with E-state index in [1.807, 2.05) is 18.2 Å². The van der Waals surface area contributed by atoms with Crippen LogP contribution in [0, 0.1) is 0 Å². The molecule has 0 bridgehead atoms. The molecule has 0 heterocycles. The summed E-state index contributed by atoms with van der Waals surface area (Å²) < 4.78 is 0. The summed E-state index contributed by atoms with van der Waals surface area (Å²) in [6.07, 6.45) is 18.0. The van der Waals surface area contributed by atoms with E-state index < -0.39 is 0 Å². The Balaban J connectivity index is -0.000000199. The van der Waals surface area contributed by atoms with Gasteiger partial charge in [-0.3, -0.25) is 0 Å². The molecule has 0 saturated carbocycles. The van der Waals surface area contributed by atoms with E-state index in [-0.39, 0.29) is 29.7 Å². The fourth-order valence-corrected chi connectivity index (χ4v) is 1.98. The van der Waals surface area contributed by atoms with Crippen LogP contribution in [0.25, 0.3) is 0 Å². The van der Waals surface area contributed by atoms with Crippen LogP contribution >= 0.6 is 0 Å². The Morgan fingerprint density at radius 3 is 1.28 bits per heavy atom. The molecular weight excluding hydrogens is 459 g/mol. The molecule has 0 aliphatic carbocycles. The molecule has 0 N–H and O–H groups in total. The monoisotopic (exact) mass is 516 g/mol. The zero-order chi connectivity index (χ0) is 21.9. The van der Waals surface area contributed by atoms with Crippen LogP contribution in [0.15, 0.2) is 24.3 Å². The van der Waals surface area contributed by atoms with Gasteiger partial charge in [-0.1, -0.05) is 155 Å². The molecule has 1 aromatic rings. The first-order valence-electron chi connectivity index (χ1n) is 12.3. The van der Waals surface area contributed by atoms with Crippen molar-refractivity contribution in [2.24, 2.45) is 0 Å². The Kier molecular flexibility index (Phi) is 44.0. The van der Waals surface area contributed by atoms with Crippen LogP contribution in [0.5, 0.6) is 5.75 Å². The number of unbranched alkanes of at least 4 members (excludes halogenated alkanes) is 9. The third-order valence-electron chi connectivity index (χ3n) is 4.52. The second-order valence-electron chi connectivity index (χ2n) is 7.48. The second kappa shape index (κ2) is 35.3. The molecule has 2 heteroatoms. The second-order valence-corrected chi connectivity index (χ2v) is 7.48. The average molecular weight is 515 g/mol. The van der Waals surface area contributed by atoms with Gasteiger partial charge in [0.15, 0.2) is 0 Å². The molecule has 1 rings (SSSR count). The molecule has 0 atom stereocenters. The van der Waals surface area contributed by atoms with Gasteiger partial charge in [0.2, 0.25) is 0 Å². The van der Waals surface area contributed by atoms with E-state index in [1.54, 1.807) is 6.07 Å². The first kappa shape index (κ1) is 36.2. The van der Waals surface area contributed by atoms with Gasteiger partial charge in [0.25, 0.3) is 0 Å². The van der Waals surface area contributed by atoms with Crippen LogP contribution in [0.1, 0.15) is 138 Å². The Bertz CT molecular complexity index is 350. The van der Waals surface area contributed by atoms with E-state index in [9.17, 15) is 5.11 Å². The van der Waals surface area contributed by atoms with E-state index in [0.717, 1.165) is 18.4 Å². The van der Waals surface area contributed by atoms with Crippen molar-refractivity contribution in [3.8, 4) is 5.75 Å². The number of hydrogen-bond donors (Lipinski definition) is 0. The van der Waals surface area contributed by atoms with Gasteiger partial charge >= 0.3 is 23.9 Å². The third kappa shape index (κ3) is 35.6. The quantitative estimate of drug-likeness (QED) is 0.215. The van der Waals surface area contributed by atoms with Gasteiger partial charge < -0.3 is 5.11 Å². The molecule has 174 valence electrons. The summed E-state index contributed by atoms with van der Waals surface area (Å²) in [5.41, 5.74) is 0.982. The van der Waals surface area contributed by atoms with Gasteiger partial charge in [-0.2, -0.15) is 0 Å². The van der Waals surface area contributed by atoms with Crippen molar-refractivity contribution in [2.45, 2.75) is 138 Å². The summed E-state index contributed by atoms with van der Waals surface area (Å²) in [6.45, 7) is 15.3. The van der Waals surface area contributed by atoms with Crippen LogP contribution < -0.4 is 5.11 Å². The summed E-state index contributed by atoms with van der Waals surface area (Å²) in [6, 6.07) is 7.39. The van der Waals surface area contributed by atoms with Crippen molar-refractivity contribution in [3.05, 3.63) is 29.8 Å². The van der Waals surface area contributed by atoms with Crippen LogP contribution in [0.4, 0.5) is 0 Å². The normalized spacial score (nSPS) is 8.93. The van der Waals surface area contributed by atoms with E-state index in [2.05, 4.69) is 48.5 Å². The van der Waals surface area contributed by atoms with Crippen LogP contribution in [-0.4, -0.2) is 23.9 Å². The molecule has 0 aliphatic rings. The van der Waals surface area contributed by atoms with Gasteiger partial charge in [0.05, 0.1) is 0 Å². The molecule has 1 aromatic carbocycles. The summed E-state index contributed by atoms with van der Waals surface area (Å²) in [5.74, 6) is 0.202. The van der Waals surface area contributed by atoms with Crippen molar-refractivity contribution in [2.75, 3.05) is 0 Å². The zero-order valence-electron chi connectivity index (χ0n) is 21.6. The number of aryl methyl sites for hydroxylation is 1. The maximum absolute atomic E-state index is 11.4. The van der Waals surface area contributed by atoms with Gasteiger partial charge in [0.1, 0.15) is 0 Å². The van der Waals surface area contributed by atoms with Crippen molar-refractivity contribution in [1.29, 1.82) is 0 Å². The van der Waals surface area contributed by atoms with Crippen molar-refractivity contribution in [1.82, 2.24) is 0 Å². The molecule has 0 amide bonds. The summed E-state index contributed by atoms with van der Waals surface area (Å²) >= 11 is 0. The average Bonchev–Trinajstić information content (AvgIpc) is 2.74. The molecule has 0 unspecified atom stereocenters. The van der Waals surface area contributed by atoms with E-state index in [4.69, 9.17) is 0 Å². The third-order valence-corrected chi connectivity index (χ3v) is 4.52. The number of benzene rings is 1. The van der Waals surface area contributed by atoms with Gasteiger partial charge in [-0.15, -0.1) is 5.75 Å². The topological polar surface area (TPSA) is 23.1 Å². The molecule has 0 saturated heterocycles. The molecule has 1 nitrogen and oxygen atoms in total. The minimum atomic E-state index is 0. The molecule has 0 radical (unpaired) electrons. The van der Waals surface area contributed by atoms with Crippen molar-refractivity contribution < 1.29 is 5.11 Å².